The van der Waals surface area contributed by atoms with Crippen molar-refractivity contribution in [3.8, 4) is 17.1 Å². The standard InChI is InChI=1S/C23H25FN4OS/c1-16-12-14-27(15-13-16)22(29)17(2)30-23-26-25-21(18-6-4-3-5-7-18)28(23)20-10-8-19(24)9-11-20/h3-11,16-17H,12-15H2,1-2H3. The molecule has 1 amide bonds. The van der Waals surface area contributed by atoms with Crippen molar-refractivity contribution in [2.75, 3.05) is 13.1 Å². The Labute approximate surface area is 180 Å². The molecule has 7 heteroatoms. The second kappa shape index (κ2) is 9.00. The van der Waals surface area contributed by atoms with E-state index in [9.17, 15) is 9.18 Å². The molecule has 1 saturated heterocycles. The maximum atomic E-state index is 13.5. The predicted octanol–water partition coefficient (Wildman–Crippen LogP) is 4.81. The van der Waals surface area contributed by atoms with Gasteiger partial charge in [-0.2, -0.15) is 0 Å². The van der Waals surface area contributed by atoms with E-state index in [0.29, 0.717) is 16.9 Å². The van der Waals surface area contributed by atoms with E-state index in [1.165, 1.54) is 23.9 Å². The van der Waals surface area contributed by atoms with Gasteiger partial charge in [-0.05, 0) is 49.9 Å². The summed E-state index contributed by atoms with van der Waals surface area (Å²) >= 11 is 1.39. The van der Waals surface area contributed by atoms with Crippen LogP contribution in [-0.2, 0) is 4.79 Å². The highest BCUT2D eigenvalue weighted by Gasteiger charge is 2.27. The van der Waals surface area contributed by atoms with Crippen molar-refractivity contribution in [1.82, 2.24) is 19.7 Å². The van der Waals surface area contributed by atoms with Crippen molar-refractivity contribution in [2.24, 2.45) is 5.92 Å². The van der Waals surface area contributed by atoms with Gasteiger partial charge in [0.15, 0.2) is 11.0 Å². The fourth-order valence-electron chi connectivity index (χ4n) is 3.64. The number of thioether (sulfide) groups is 1. The molecule has 1 aromatic heterocycles. The Bertz CT molecular complexity index is 998. The number of carbonyl (C=O) groups excluding carboxylic acids is 1. The zero-order chi connectivity index (χ0) is 21.1. The fraction of sp³-hybridized carbons (Fsp3) is 0.348. The summed E-state index contributed by atoms with van der Waals surface area (Å²) in [5.41, 5.74) is 1.67. The number of rotatable bonds is 5. The van der Waals surface area contributed by atoms with E-state index in [4.69, 9.17) is 0 Å². The van der Waals surface area contributed by atoms with Crippen LogP contribution in [-0.4, -0.2) is 43.9 Å². The highest BCUT2D eigenvalue weighted by molar-refractivity contribution is 8.00. The topological polar surface area (TPSA) is 51.0 Å². The van der Waals surface area contributed by atoms with Crippen molar-refractivity contribution >= 4 is 17.7 Å². The lowest BCUT2D eigenvalue weighted by Gasteiger charge is -2.32. The first-order chi connectivity index (χ1) is 14.5. The lowest BCUT2D eigenvalue weighted by Crippen LogP contribution is -2.41. The highest BCUT2D eigenvalue weighted by Crippen LogP contribution is 2.31. The molecular formula is C23H25FN4OS. The van der Waals surface area contributed by atoms with Crippen LogP contribution in [0.15, 0.2) is 59.8 Å². The molecule has 2 heterocycles. The van der Waals surface area contributed by atoms with E-state index in [1.807, 2.05) is 46.7 Å². The van der Waals surface area contributed by atoms with Gasteiger partial charge >= 0.3 is 0 Å². The minimum atomic E-state index is -0.301. The van der Waals surface area contributed by atoms with Gasteiger partial charge in [-0.25, -0.2) is 4.39 Å². The molecule has 1 aliphatic rings. The van der Waals surface area contributed by atoms with Crippen molar-refractivity contribution in [3.63, 3.8) is 0 Å². The Morgan fingerprint density at radius 3 is 2.40 bits per heavy atom. The number of likely N-dealkylation sites (tertiary alicyclic amines) is 1. The maximum Gasteiger partial charge on any atom is 0.235 e. The number of aromatic nitrogens is 3. The number of nitrogens with zero attached hydrogens (tertiary/aromatic N) is 4. The van der Waals surface area contributed by atoms with Crippen LogP contribution in [0.2, 0.25) is 0 Å². The Morgan fingerprint density at radius 2 is 1.73 bits per heavy atom. The van der Waals surface area contributed by atoms with Crippen LogP contribution in [0.25, 0.3) is 17.1 Å². The fourth-order valence-corrected chi connectivity index (χ4v) is 4.59. The van der Waals surface area contributed by atoms with Gasteiger partial charge in [-0.15, -0.1) is 10.2 Å². The smallest absolute Gasteiger partial charge is 0.235 e. The van der Waals surface area contributed by atoms with Crippen molar-refractivity contribution < 1.29 is 9.18 Å². The highest BCUT2D eigenvalue weighted by atomic mass is 32.2. The number of hydrogen-bond donors (Lipinski definition) is 0. The van der Waals surface area contributed by atoms with Gasteiger partial charge in [-0.3, -0.25) is 9.36 Å². The van der Waals surface area contributed by atoms with Crippen LogP contribution in [0.3, 0.4) is 0 Å². The molecule has 1 atom stereocenters. The molecule has 156 valence electrons. The maximum absolute atomic E-state index is 13.5. The second-order valence-corrected chi connectivity index (χ2v) is 9.06. The third-order valence-electron chi connectivity index (χ3n) is 5.48. The number of amides is 1. The molecular weight excluding hydrogens is 399 g/mol. The van der Waals surface area contributed by atoms with E-state index >= 15 is 0 Å². The average Bonchev–Trinajstić information content (AvgIpc) is 3.18. The lowest BCUT2D eigenvalue weighted by molar-refractivity contribution is -0.131. The van der Waals surface area contributed by atoms with Gasteiger partial charge < -0.3 is 4.90 Å². The quantitative estimate of drug-likeness (QED) is 0.552. The van der Waals surface area contributed by atoms with Crippen LogP contribution in [0.5, 0.6) is 0 Å². The normalized spacial score (nSPS) is 15.9. The summed E-state index contributed by atoms with van der Waals surface area (Å²) in [5, 5.41) is 9.11. The predicted molar refractivity (Wildman–Crippen MR) is 117 cm³/mol. The minimum absolute atomic E-state index is 0.127. The summed E-state index contributed by atoms with van der Waals surface area (Å²) in [6, 6.07) is 16.0. The molecule has 0 N–H and O–H groups in total. The summed E-state index contributed by atoms with van der Waals surface area (Å²) < 4.78 is 15.4. The molecule has 0 bridgehead atoms. The first-order valence-electron chi connectivity index (χ1n) is 10.2. The van der Waals surface area contributed by atoms with Gasteiger partial charge in [-0.1, -0.05) is 49.0 Å². The van der Waals surface area contributed by atoms with Gasteiger partial charge in [0.1, 0.15) is 5.82 Å². The largest absolute Gasteiger partial charge is 0.342 e. The minimum Gasteiger partial charge on any atom is -0.342 e. The molecule has 0 radical (unpaired) electrons. The van der Waals surface area contributed by atoms with E-state index in [2.05, 4.69) is 17.1 Å². The summed E-state index contributed by atoms with van der Waals surface area (Å²) in [4.78, 5) is 14.9. The number of piperidine rings is 1. The van der Waals surface area contributed by atoms with E-state index in [0.717, 1.165) is 37.2 Å². The van der Waals surface area contributed by atoms with E-state index in [-0.39, 0.29) is 17.0 Å². The average molecular weight is 425 g/mol. The molecule has 1 fully saturated rings. The lowest BCUT2D eigenvalue weighted by atomic mass is 9.99. The summed E-state index contributed by atoms with van der Waals surface area (Å²) in [7, 11) is 0. The van der Waals surface area contributed by atoms with Crippen molar-refractivity contribution in [1.29, 1.82) is 0 Å². The monoisotopic (exact) mass is 424 g/mol. The van der Waals surface area contributed by atoms with Crippen LogP contribution in [0.4, 0.5) is 4.39 Å². The zero-order valence-electron chi connectivity index (χ0n) is 17.2. The summed E-state index contributed by atoms with van der Waals surface area (Å²) in [6.45, 7) is 5.77. The molecule has 1 aliphatic heterocycles. The molecule has 0 spiro atoms. The Balaban J connectivity index is 1.63. The molecule has 0 saturated carbocycles. The first kappa shape index (κ1) is 20.6. The molecule has 1 unspecified atom stereocenters. The van der Waals surface area contributed by atoms with Crippen molar-refractivity contribution in [2.45, 2.75) is 37.1 Å². The van der Waals surface area contributed by atoms with Crippen molar-refractivity contribution in [3.05, 3.63) is 60.4 Å². The van der Waals surface area contributed by atoms with Gasteiger partial charge in [0.2, 0.25) is 5.91 Å². The Kier molecular flexibility index (Phi) is 6.18. The molecule has 2 aromatic carbocycles. The second-order valence-electron chi connectivity index (χ2n) is 7.75. The third-order valence-corrected chi connectivity index (χ3v) is 6.51. The molecule has 5 nitrogen and oxygen atoms in total. The molecule has 3 aromatic rings. The molecule has 4 rings (SSSR count). The van der Waals surface area contributed by atoms with Crippen LogP contribution in [0.1, 0.15) is 26.7 Å². The van der Waals surface area contributed by atoms with Gasteiger partial charge in [0.25, 0.3) is 0 Å². The zero-order valence-corrected chi connectivity index (χ0v) is 18.0. The first-order valence-corrected chi connectivity index (χ1v) is 11.1. The van der Waals surface area contributed by atoms with Crippen LogP contribution >= 0.6 is 11.8 Å². The number of carbonyl (C=O) groups is 1. The number of halogens is 1. The summed E-state index contributed by atoms with van der Waals surface area (Å²) in [5.74, 6) is 1.16. The molecule has 30 heavy (non-hydrogen) atoms. The SMILES string of the molecule is CC1CCN(C(=O)C(C)Sc2nnc(-c3ccccc3)n2-c2ccc(F)cc2)CC1. The number of hydrogen-bond acceptors (Lipinski definition) is 4. The Morgan fingerprint density at radius 1 is 1.07 bits per heavy atom. The van der Waals surface area contributed by atoms with Crippen LogP contribution in [0, 0.1) is 11.7 Å². The van der Waals surface area contributed by atoms with Crippen LogP contribution < -0.4 is 0 Å². The van der Waals surface area contributed by atoms with Gasteiger partial charge in [0, 0.05) is 24.3 Å². The van der Waals surface area contributed by atoms with E-state index in [1.54, 1.807) is 12.1 Å². The van der Waals surface area contributed by atoms with Gasteiger partial charge in [0.05, 0.1) is 5.25 Å². The van der Waals surface area contributed by atoms with E-state index < -0.39 is 0 Å². The third kappa shape index (κ3) is 4.41. The number of benzene rings is 2. The summed E-state index contributed by atoms with van der Waals surface area (Å²) in [6.07, 6.45) is 2.10. The molecule has 0 aliphatic carbocycles. The Hall–Kier alpha value is -2.67.